The second-order valence-electron chi connectivity index (χ2n) is 4.44. The number of benzene rings is 2. The Morgan fingerprint density at radius 2 is 1.75 bits per heavy atom. The standard InChI is InChI=1S/C16H13ClN2O/c1-11(13-6-8-15(17)9-7-13)19-16(20)14-4-2-12(10-18)3-5-14/h2-9,11H,1H3,(H,19,20). The van der Waals surface area contributed by atoms with E-state index in [1.165, 1.54) is 0 Å². The molecule has 100 valence electrons. The van der Waals surface area contributed by atoms with Gasteiger partial charge in [0.25, 0.3) is 5.91 Å². The topological polar surface area (TPSA) is 52.9 Å². The second-order valence-corrected chi connectivity index (χ2v) is 4.87. The highest BCUT2D eigenvalue weighted by Crippen LogP contribution is 2.16. The van der Waals surface area contributed by atoms with Crippen molar-refractivity contribution >= 4 is 17.5 Å². The average Bonchev–Trinajstić information content (AvgIpc) is 2.48. The van der Waals surface area contributed by atoms with Crippen molar-refractivity contribution in [3.05, 3.63) is 70.2 Å². The van der Waals surface area contributed by atoms with Crippen molar-refractivity contribution < 1.29 is 4.79 Å². The second kappa shape index (κ2) is 6.23. The fraction of sp³-hybridized carbons (Fsp3) is 0.125. The van der Waals surface area contributed by atoms with Crippen LogP contribution in [-0.4, -0.2) is 5.91 Å². The number of amides is 1. The lowest BCUT2D eigenvalue weighted by Crippen LogP contribution is -2.26. The Bertz CT molecular complexity index is 642. The van der Waals surface area contributed by atoms with Crippen LogP contribution in [0.25, 0.3) is 0 Å². The van der Waals surface area contributed by atoms with Crippen molar-refractivity contribution in [1.29, 1.82) is 5.26 Å². The van der Waals surface area contributed by atoms with E-state index in [2.05, 4.69) is 5.32 Å². The zero-order valence-corrected chi connectivity index (χ0v) is 11.7. The van der Waals surface area contributed by atoms with Crippen LogP contribution in [0.4, 0.5) is 0 Å². The molecule has 0 saturated carbocycles. The summed E-state index contributed by atoms with van der Waals surface area (Å²) < 4.78 is 0. The molecule has 4 heteroatoms. The Balaban J connectivity index is 2.06. The first-order valence-corrected chi connectivity index (χ1v) is 6.54. The van der Waals surface area contributed by atoms with Gasteiger partial charge in [-0.2, -0.15) is 5.26 Å². The van der Waals surface area contributed by atoms with Gasteiger partial charge in [-0.25, -0.2) is 0 Å². The smallest absolute Gasteiger partial charge is 0.251 e. The molecule has 0 aliphatic carbocycles. The predicted molar refractivity (Wildman–Crippen MR) is 78.5 cm³/mol. The molecule has 1 unspecified atom stereocenters. The van der Waals surface area contributed by atoms with E-state index in [-0.39, 0.29) is 11.9 Å². The SMILES string of the molecule is CC(NC(=O)c1ccc(C#N)cc1)c1ccc(Cl)cc1. The minimum Gasteiger partial charge on any atom is -0.346 e. The predicted octanol–water partition coefficient (Wildman–Crippen LogP) is 3.70. The lowest BCUT2D eigenvalue weighted by Gasteiger charge is -2.14. The largest absolute Gasteiger partial charge is 0.346 e. The molecule has 0 aromatic heterocycles. The zero-order valence-electron chi connectivity index (χ0n) is 10.9. The first kappa shape index (κ1) is 14.1. The molecule has 1 amide bonds. The molecule has 0 spiro atoms. The quantitative estimate of drug-likeness (QED) is 0.934. The number of hydrogen-bond donors (Lipinski definition) is 1. The maximum absolute atomic E-state index is 12.1. The molecule has 2 rings (SSSR count). The van der Waals surface area contributed by atoms with Crippen molar-refractivity contribution in [2.75, 3.05) is 0 Å². The van der Waals surface area contributed by atoms with Gasteiger partial charge in [-0.3, -0.25) is 4.79 Å². The molecule has 2 aromatic carbocycles. The molecular weight excluding hydrogens is 272 g/mol. The highest BCUT2D eigenvalue weighted by Gasteiger charge is 2.11. The number of halogens is 1. The van der Waals surface area contributed by atoms with Crippen LogP contribution in [0, 0.1) is 11.3 Å². The fourth-order valence-corrected chi connectivity index (χ4v) is 1.94. The minimum absolute atomic E-state index is 0.115. The molecule has 0 heterocycles. The van der Waals surface area contributed by atoms with E-state index in [4.69, 9.17) is 16.9 Å². The van der Waals surface area contributed by atoms with Gasteiger partial charge in [0.05, 0.1) is 17.7 Å². The number of nitriles is 1. The number of hydrogen-bond acceptors (Lipinski definition) is 2. The van der Waals surface area contributed by atoms with Gasteiger partial charge in [0.15, 0.2) is 0 Å². The minimum atomic E-state index is -0.170. The molecule has 20 heavy (non-hydrogen) atoms. The van der Waals surface area contributed by atoms with Crippen LogP contribution in [0.5, 0.6) is 0 Å². The van der Waals surface area contributed by atoms with Crippen LogP contribution >= 0.6 is 11.6 Å². The van der Waals surface area contributed by atoms with E-state index in [1.54, 1.807) is 36.4 Å². The molecule has 3 nitrogen and oxygen atoms in total. The van der Waals surface area contributed by atoms with Gasteiger partial charge in [0.2, 0.25) is 0 Å². The van der Waals surface area contributed by atoms with E-state index >= 15 is 0 Å². The first-order valence-electron chi connectivity index (χ1n) is 6.16. The number of carbonyl (C=O) groups excluding carboxylic acids is 1. The summed E-state index contributed by atoms with van der Waals surface area (Å²) in [5, 5.41) is 12.3. The van der Waals surface area contributed by atoms with Crippen LogP contribution in [-0.2, 0) is 0 Å². The third-order valence-corrected chi connectivity index (χ3v) is 3.25. The molecule has 1 atom stereocenters. The molecular formula is C16H13ClN2O. The lowest BCUT2D eigenvalue weighted by molar-refractivity contribution is 0.0940. The van der Waals surface area contributed by atoms with Gasteiger partial charge >= 0.3 is 0 Å². The van der Waals surface area contributed by atoms with E-state index in [0.29, 0.717) is 16.1 Å². The Hall–Kier alpha value is -2.31. The Morgan fingerprint density at radius 1 is 1.15 bits per heavy atom. The van der Waals surface area contributed by atoms with E-state index in [9.17, 15) is 4.79 Å². The monoisotopic (exact) mass is 284 g/mol. The Kier molecular flexibility index (Phi) is 4.39. The van der Waals surface area contributed by atoms with E-state index in [0.717, 1.165) is 5.56 Å². The van der Waals surface area contributed by atoms with Gasteiger partial charge < -0.3 is 5.32 Å². The van der Waals surface area contributed by atoms with Crippen molar-refractivity contribution in [2.45, 2.75) is 13.0 Å². The summed E-state index contributed by atoms with van der Waals surface area (Å²) in [5.41, 5.74) is 2.05. The van der Waals surface area contributed by atoms with E-state index < -0.39 is 0 Å². The number of nitrogens with zero attached hydrogens (tertiary/aromatic N) is 1. The van der Waals surface area contributed by atoms with Gasteiger partial charge in [-0.1, -0.05) is 23.7 Å². The highest BCUT2D eigenvalue weighted by molar-refractivity contribution is 6.30. The maximum Gasteiger partial charge on any atom is 0.251 e. The maximum atomic E-state index is 12.1. The van der Waals surface area contributed by atoms with Crippen molar-refractivity contribution in [3.63, 3.8) is 0 Å². The summed E-state index contributed by atoms with van der Waals surface area (Å²) in [6.07, 6.45) is 0. The molecule has 0 aliphatic heterocycles. The number of nitrogens with one attached hydrogen (secondary N) is 1. The third kappa shape index (κ3) is 3.37. The van der Waals surface area contributed by atoms with Crippen molar-refractivity contribution in [1.82, 2.24) is 5.32 Å². The third-order valence-electron chi connectivity index (χ3n) is 2.99. The highest BCUT2D eigenvalue weighted by atomic mass is 35.5. The van der Waals surface area contributed by atoms with Crippen LogP contribution in [0.2, 0.25) is 5.02 Å². The Morgan fingerprint density at radius 3 is 2.30 bits per heavy atom. The molecule has 0 aliphatic rings. The van der Waals surface area contributed by atoms with Gasteiger partial charge in [0, 0.05) is 10.6 Å². The van der Waals surface area contributed by atoms with Crippen molar-refractivity contribution in [2.24, 2.45) is 0 Å². The van der Waals surface area contributed by atoms with Gasteiger partial charge in [0.1, 0.15) is 0 Å². The normalized spacial score (nSPS) is 11.4. The van der Waals surface area contributed by atoms with Gasteiger partial charge in [-0.05, 0) is 48.9 Å². The van der Waals surface area contributed by atoms with Gasteiger partial charge in [-0.15, -0.1) is 0 Å². The summed E-state index contributed by atoms with van der Waals surface area (Å²) in [4.78, 5) is 12.1. The van der Waals surface area contributed by atoms with Crippen LogP contribution in [0.1, 0.15) is 34.5 Å². The van der Waals surface area contributed by atoms with E-state index in [1.807, 2.05) is 25.1 Å². The summed E-state index contributed by atoms with van der Waals surface area (Å²) >= 11 is 5.83. The molecule has 0 fully saturated rings. The average molecular weight is 285 g/mol. The van der Waals surface area contributed by atoms with Crippen molar-refractivity contribution in [3.8, 4) is 6.07 Å². The number of rotatable bonds is 3. The molecule has 0 radical (unpaired) electrons. The summed E-state index contributed by atoms with van der Waals surface area (Å²) in [6, 6.07) is 15.8. The summed E-state index contributed by atoms with van der Waals surface area (Å²) in [7, 11) is 0. The molecule has 0 bridgehead atoms. The lowest BCUT2D eigenvalue weighted by atomic mass is 10.1. The van der Waals surface area contributed by atoms with Crippen LogP contribution in [0.3, 0.4) is 0 Å². The van der Waals surface area contributed by atoms with Crippen LogP contribution in [0.15, 0.2) is 48.5 Å². The molecule has 1 N–H and O–H groups in total. The number of carbonyl (C=O) groups is 1. The summed E-state index contributed by atoms with van der Waals surface area (Å²) in [5.74, 6) is -0.170. The zero-order chi connectivity index (χ0) is 14.5. The molecule has 2 aromatic rings. The summed E-state index contributed by atoms with van der Waals surface area (Å²) in [6.45, 7) is 1.91. The first-order chi connectivity index (χ1) is 9.60. The van der Waals surface area contributed by atoms with Crippen LogP contribution < -0.4 is 5.32 Å². The fourth-order valence-electron chi connectivity index (χ4n) is 1.81. The molecule has 0 saturated heterocycles. The Labute approximate surface area is 122 Å².